The molecule has 1 aromatic carbocycles. The van der Waals surface area contributed by atoms with Crippen LogP contribution in [0.25, 0.3) is 0 Å². The smallest absolute Gasteiger partial charge is 0.228 e. The Hall–Kier alpha value is -0.710. The predicted octanol–water partition coefficient (Wildman–Crippen LogP) is 2.38. The molecule has 1 atom stereocenters. The van der Waals surface area contributed by atoms with E-state index in [1.807, 2.05) is 30.5 Å². The zero-order chi connectivity index (χ0) is 11.4. The highest BCUT2D eigenvalue weighted by atomic mass is 35.5. The Morgan fingerprint density at radius 1 is 1.53 bits per heavy atom. The molecule has 1 unspecified atom stereocenters. The third-order valence-corrected chi connectivity index (χ3v) is 3.49. The molecule has 1 amide bonds. The minimum absolute atomic E-state index is 0. The van der Waals surface area contributed by atoms with E-state index in [2.05, 4.69) is 10.6 Å². The molecular formula is C12H17ClN2OS. The Balaban J connectivity index is 0.00000144. The van der Waals surface area contributed by atoms with Crippen LogP contribution < -0.4 is 10.6 Å². The van der Waals surface area contributed by atoms with Crippen LogP contribution >= 0.6 is 24.2 Å². The van der Waals surface area contributed by atoms with Crippen molar-refractivity contribution in [2.24, 2.45) is 5.92 Å². The normalized spacial score (nSPS) is 18.5. The van der Waals surface area contributed by atoms with Gasteiger partial charge in [-0.2, -0.15) is 0 Å². The number of nitrogens with one attached hydrogen (secondary N) is 2. The summed E-state index contributed by atoms with van der Waals surface area (Å²) in [5.41, 5.74) is 0.892. The van der Waals surface area contributed by atoms with Crippen molar-refractivity contribution >= 4 is 35.8 Å². The van der Waals surface area contributed by atoms with Crippen molar-refractivity contribution < 1.29 is 4.79 Å². The van der Waals surface area contributed by atoms with Gasteiger partial charge in [0.2, 0.25) is 5.91 Å². The highest BCUT2D eigenvalue weighted by Crippen LogP contribution is 2.20. The van der Waals surface area contributed by atoms with E-state index < -0.39 is 0 Å². The second kappa shape index (κ2) is 6.89. The summed E-state index contributed by atoms with van der Waals surface area (Å²) in [7, 11) is 0. The fraction of sp³-hybridized carbons (Fsp3) is 0.417. The zero-order valence-electron chi connectivity index (χ0n) is 9.73. The van der Waals surface area contributed by atoms with Gasteiger partial charge in [-0.05, 0) is 37.4 Å². The topological polar surface area (TPSA) is 41.1 Å². The van der Waals surface area contributed by atoms with E-state index in [4.69, 9.17) is 0 Å². The Morgan fingerprint density at radius 2 is 2.35 bits per heavy atom. The zero-order valence-corrected chi connectivity index (χ0v) is 11.4. The van der Waals surface area contributed by atoms with Gasteiger partial charge in [0, 0.05) is 17.1 Å². The molecule has 5 heteroatoms. The first-order chi connectivity index (χ1) is 7.79. The van der Waals surface area contributed by atoms with Gasteiger partial charge >= 0.3 is 0 Å². The van der Waals surface area contributed by atoms with E-state index in [1.165, 1.54) is 4.90 Å². The standard InChI is InChI=1S/C12H16N2OS.ClH/c1-16-11-4-2-3-10(7-11)14-12(15)9-5-6-13-8-9;/h2-4,7,9,13H,5-6,8H2,1H3,(H,14,15);1H. The summed E-state index contributed by atoms with van der Waals surface area (Å²) in [5, 5.41) is 6.16. The third kappa shape index (κ3) is 3.91. The molecule has 0 bridgehead atoms. The molecule has 1 heterocycles. The minimum Gasteiger partial charge on any atom is -0.326 e. The number of hydrogen-bond acceptors (Lipinski definition) is 3. The third-order valence-electron chi connectivity index (χ3n) is 2.77. The van der Waals surface area contributed by atoms with Gasteiger partial charge in [-0.25, -0.2) is 0 Å². The van der Waals surface area contributed by atoms with Crippen LogP contribution in [0.4, 0.5) is 5.69 Å². The molecule has 1 fully saturated rings. The number of carbonyl (C=O) groups is 1. The highest BCUT2D eigenvalue weighted by molar-refractivity contribution is 7.98. The first-order valence-electron chi connectivity index (χ1n) is 5.45. The van der Waals surface area contributed by atoms with Crippen LogP contribution in [-0.4, -0.2) is 25.3 Å². The largest absolute Gasteiger partial charge is 0.326 e. The quantitative estimate of drug-likeness (QED) is 0.830. The number of anilines is 1. The molecule has 2 rings (SSSR count). The lowest BCUT2D eigenvalue weighted by atomic mass is 10.1. The van der Waals surface area contributed by atoms with Crippen LogP contribution in [0.15, 0.2) is 29.2 Å². The maximum atomic E-state index is 11.9. The number of benzene rings is 1. The van der Waals surface area contributed by atoms with E-state index in [1.54, 1.807) is 11.8 Å². The molecule has 1 aliphatic heterocycles. The van der Waals surface area contributed by atoms with Gasteiger partial charge in [0.15, 0.2) is 0 Å². The Morgan fingerprint density at radius 3 is 3.00 bits per heavy atom. The fourth-order valence-electron chi connectivity index (χ4n) is 1.82. The molecule has 0 saturated carbocycles. The fourth-order valence-corrected chi connectivity index (χ4v) is 2.28. The van der Waals surface area contributed by atoms with Crippen molar-refractivity contribution in [3.63, 3.8) is 0 Å². The summed E-state index contributed by atoms with van der Waals surface area (Å²) in [6.07, 6.45) is 2.97. The van der Waals surface area contributed by atoms with Crippen molar-refractivity contribution in [2.45, 2.75) is 11.3 Å². The van der Waals surface area contributed by atoms with Gasteiger partial charge < -0.3 is 10.6 Å². The summed E-state index contributed by atoms with van der Waals surface area (Å²) in [5.74, 6) is 0.251. The van der Waals surface area contributed by atoms with Gasteiger partial charge in [0.1, 0.15) is 0 Å². The van der Waals surface area contributed by atoms with E-state index in [0.29, 0.717) is 0 Å². The van der Waals surface area contributed by atoms with Crippen molar-refractivity contribution in [1.82, 2.24) is 5.32 Å². The molecule has 94 valence electrons. The Bertz CT molecular complexity index is 381. The number of halogens is 1. The summed E-state index contributed by atoms with van der Waals surface area (Å²) in [6, 6.07) is 7.94. The molecule has 2 N–H and O–H groups in total. The number of rotatable bonds is 3. The number of hydrogen-bond donors (Lipinski definition) is 2. The van der Waals surface area contributed by atoms with E-state index in [9.17, 15) is 4.79 Å². The predicted molar refractivity (Wildman–Crippen MR) is 75.1 cm³/mol. The highest BCUT2D eigenvalue weighted by Gasteiger charge is 2.22. The second-order valence-electron chi connectivity index (χ2n) is 3.91. The maximum absolute atomic E-state index is 11.9. The van der Waals surface area contributed by atoms with Crippen LogP contribution in [0.5, 0.6) is 0 Å². The summed E-state index contributed by atoms with van der Waals surface area (Å²) in [6.45, 7) is 1.75. The first kappa shape index (κ1) is 14.4. The van der Waals surface area contributed by atoms with Crippen LogP contribution in [0.3, 0.4) is 0 Å². The van der Waals surface area contributed by atoms with Gasteiger partial charge in [-0.1, -0.05) is 6.07 Å². The molecule has 0 aliphatic carbocycles. The van der Waals surface area contributed by atoms with Crippen LogP contribution in [0.2, 0.25) is 0 Å². The molecule has 1 aliphatic rings. The van der Waals surface area contributed by atoms with Gasteiger partial charge in [-0.3, -0.25) is 4.79 Å². The van der Waals surface area contributed by atoms with Crippen LogP contribution in [0, 0.1) is 5.92 Å². The lowest BCUT2D eigenvalue weighted by Crippen LogP contribution is -2.24. The second-order valence-corrected chi connectivity index (χ2v) is 4.79. The molecule has 0 spiro atoms. The van der Waals surface area contributed by atoms with Gasteiger partial charge in [-0.15, -0.1) is 24.2 Å². The van der Waals surface area contributed by atoms with Crippen LogP contribution in [-0.2, 0) is 4.79 Å². The van der Waals surface area contributed by atoms with Crippen molar-refractivity contribution in [3.05, 3.63) is 24.3 Å². The van der Waals surface area contributed by atoms with Crippen molar-refractivity contribution in [2.75, 3.05) is 24.7 Å². The monoisotopic (exact) mass is 272 g/mol. The van der Waals surface area contributed by atoms with E-state index in [0.717, 1.165) is 25.2 Å². The van der Waals surface area contributed by atoms with Crippen molar-refractivity contribution in [3.8, 4) is 0 Å². The molecule has 3 nitrogen and oxygen atoms in total. The Labute approximate surface area is 112 Å². The molecular weight excluding hydrogens is 256 g/mol. The molecule has 0 radical (unpaired) electrons. The minimum atomic E-state index is 0. The number of carbonyl (C=O) groups excluding carboxylic acids is 1. The molecule has 0 aromatic heterocycles. The Kier molecular flexibility index (Phi) is 5.82. The SMILES string of the molecule is CSc1cccc(NC(=O)C2CCNC2)c1.Cl. The average Bonchev–Trinajstić information content (AvgIpc) is 2.83. The van der Waals surface area contributed by atoms with Gasteiger partial charge in [0.05, 0.1) is 5.92 Å². The molecule has 17 heavy (non-hydrogen) atoms. The lowest BCUT2D eigenvalue weighted by Gasteiger charge is -2.10. The molecule has 1 aromatic rings. The number of amides is 1. The maximum Gasteiger partial charge on any atom is 0.228 e. The summed E-state index contributed by atoms with van der Waals surface area (Å²) < 4.78 is 0. The first-order valence-corrected chi connectivity index (χ1v) is 6.67. The lowest BCUT2D eigenvalue weighted by molar-refractivity contribution is -0.119. The van der Waals surface area contributed by atoms with E-state index in [-0.39, 0.29) is 24.2 Å². The number of thioether (sulfide) groups is 1. The van der Waals surface area contributed by atoms with E-state index >= 15 is 0 Å². The average molecular weight is 273 g/mol. The molecule has 1 saturated heterocycles. The summed E-state index contributed by atoms with van der Waals surface area (Å²) in [4.78, 5) is 13.0. The van der Waals surface area contributed by atoms with Crippen molar-refractivity contribution in [1.29, 1.82) is 0 Å². The van der Waals surface area contributed by atoms with Crippen LogP contribution in [0.1, 0.15) is 6.42 Å². The summed E-state index contributed by atoms with van der Waals surface area (Å²) >= 11 is 1.68. The van der Waals surface area contributed by atoms with Gasteiger partial charge in [0.25, 0.3) is 0 Å².